The first-order chi connectivity index (χ1) is 20.3. The van der Waals surface area contributed by atoms with Crippen LogP contribution in [0.3, 0.4) is 0 Å². The van der Waals surface area contributed by atoms with Gasteiger partial charge in [-0.1, -0.05) is 0 Å². The van der Waals surface area contributed by atoms with Crippen LogP contribution >= 0.6 is 0 Å². The van der Waals surface area contributed by atoms with Crippen molar-refractivity contribution in [2.75, 3.05) is 34.4 Å². The summed E-state index contributed by atoms with van der Waals surface area (Å²) in [4.78, 5) is 24.9. The molecule has 0 aliphatic carbocycles. The van der Waals surface area contributed by atoms with Crippen molar-refractivity contribution in [3.8, 4) is 34.2 Å². The van der Waals surface area contributed by atoms with E-state index in [1.54, 1.807) is 110 Å². The number of pyridine rings is 6. The molecule has 0 saturated carbocycles. The zero-order chi connectivity index (χ0) is 29.9. The normalized spacial score (nSPS) is 9.33. The van der Waals surface area contributed by atoms with Gasteiger partial charge < -0.3 is 59.2 Å². The first-order valence-corrected chi connectivity index (χ1v) is 12.6. The second kappa shape index (κ2) is 18.5. The SMILES string of the molecule is Nc1ccnc(-c2cc(N)ccn2)c1.Nc1ccnc(-c2cc(N)ccn2)c1.Nc1ccnc(-c2cc(N)ccn2)c1.[Cl-].[Cl-].[Ru+2]. The van der Waals surface area contributed by atoms with Crippen LogP contribution in [0.2, 0.25) is 0 Å². The van der Waals surface area contributed by atoms with Crippen LogP contribution in [0.15, 0.2) is 110 Å². The van der Waals surface area contributed by atoms with Crippen LogP contribution in [0.4, 0.5) is 34.1 Å². The number of nitrogens with two attached hydrogens (primary N) is 6. The number of aromatic nitrogens is 6. The molecule has 232 valence electrons. The second-order valence-electron chi connectivity index (χ2n) is 8.85. The van der Waals surface area contributed by atoms with Gasteiger partial charge in [0.05, 0.1) is 34.2 Å². The average molecular weight is 731 g/mol. The number of hydrogen-bond donors (Lipinski definition) is 6. The predicted octanol–water partition coefficient (Wildman–Crippen LogP) is -2.07. The minimum atomic E-state index is 0. The van der Waals surface area contributed by atoms with Gasteiger partial charge in [0.25, 0.3) is 0 Å². The smallest absolute Gasteiger partial charge is 1.00 e. The number of nitrogens with zero attached hydrogens (tertiary/aromatic N) is 6. The van der Waals surface area contributed by atoms with E-state index in [0.717, 1.165) is 34.2 Å². The first kappa shape index (κ1) is 37.9. The van der Waals surface area contributed by atoms with Crippen molar-refractivity contribution < 1.29 is 44.3 Å². The third-order valence-corrected chi connectivity index (χ3v) is 5.49. The van der Waals surface area contributed by atoms with E-state index in [1.807, 2.05) is 0 Å². The molecule has 6 aromatic heterocycles. The van der Waals surface area contributed by atoms with Gasteiger partial charge >= 0.3 is 19.5 Å². The summed E-state index contributed by atoms with van der Waals surface area (Å²) in [5.41, 5.74) is 42.2. The molecule has 0 unspecified atom stereocenters. The fraction of sp³-hybridized carbons (Fsp3) is 0. The largest absolute Gasteiger partial charge is 2.00 e. The Morgan fingerprint density at radius 1 is 0.289 bits per heavy atom. The molecule has 12 nitrogen and oxygen atoms in total. The Morgan fingerprint density at radius 2 is 0.422 bits per heavy atom. The van der Waals surface area contributed by atoms with Crippen LogP contribution in [0.5, 0.6) is 0 Å². The van der Waals surface area contributed by atoms with Gasteiger partial charge in [0.2, 0.25) is 0 Å². The zero-order valence-electron chi connectivity index (χ0n) is 23.6. The summed E-state index contributed by atoms with van der Waals surface area (Å²) in [6.07, 6.45) is 9.89. The Bertz CT molecular complexity index is 1460. The van der Waals surface area contributed by atoms with Crippen LogP contribution in [-0.2, 0) is 19.5 Å². The van der Waals surface area contributed by atoms with Gasteiger partial charge in [-0.3, -0.25) is 29.9 Å². The van der Waals surface area contributed by atoms with Crippen molar-refractivity contribution in [2.24, 2.45) is 0 Å². The van der Waals surface area contributed by atoms with E-state index in [9.17, 15) is 0 Å². The zero-order valence-corrected chi connectivity index (χ0v) is 26.9. The van der Waals surface area contributed by atoms with Crippen molar-refractivity contribution in [1.29, 1.82) is 0 Å². The molecule has 0 aromatic carbocycles. The molecule has 0 fully saturated rings. The molecule has 6 aromatic rings. The summed E-state index contributed by atoms with van der Waals surface area (Å²) in [5, 5.41) is 0. The molecule has 0 spiro atoms. The molecular formula is C30H30Cl2N12Ru. The molecular weight excluding hydrogens is 700 g/mol. The first-order valence-electron chi connectivity index (χ1n) is 12.6. The van der Waals surface area contributed by atoms with Crippen LogP contribution in [0.25, 0.3) is 34.2 Å². The monoisotopic (exact) mass is 730 g/mol. The topological polar surface area (TPSA) is 233 Å². The number of halogens is 2. The molecule has 0 saturated heterocycles. The van der Waals surface area contributed by atoms with Crippen LogP contribution in [0.1, 0.15) is 0 Å². The second-order valence-corrected chi connectivity index (χ2v) is 8.85. The molecule has 0 aliphatic rings. The van der Waals surface area contributed by atoms with Gasteiger partial charge in [-0.15, -0.1) is 0 Å². The number of nitrogen functional groups attached to an aromatic ring is 6. The molecule has 0 atom stereocenters. The maximum Gasteiger partial charge on any atom is 2.00 e. The molecule has 15 heteroatoms. The molecule has 0 bridgehead atoms. The van der Waals surface area contributed by atoms with E-state index in [1.165, 1.54) is 0 Å². The molecule has 12 N–H and O–H groups in total. The Labute approximate surface area is 285 Å². The summed E-state index contributed by atoms with van der Waals surface area (Å²) >= 11 is 0. The third kappa shape index (κ3) is 11.8. The summed E-state index contributed by atoms with van der Waals surface area (Å²) in [7, 11) is 0. The number of rotatable bonds is 3. The van der Waals surface area contributed by atoms with Crippen LogP contribution < -0.4 is 59.2 Å². The van der Waals surface area contributed by atoms with Gasteiger partial charge in [-0.25, -0.2) is 0 Å². The van der Waals surface area contributed by atoms with E-state index in [-0.39, 0.29) is 44.3 Å². The molecule has 0 radical (unpaired) electrons. The van der Waals surface area contributed by atoms with Crippen LogP contribution in [0, 0.1) is 0 Å². The minimum absolute atomic E-state index is 0. The standard InChI is InChI=1S/3C10H10N4.2ClH.Ru/c3*11-7-1-3-13-9(5-7)10-6-8(12)2-4-14-10;;;/h3*1-6H,(H2,11,13)(H2,12,14);2*1H;/q;;;;;+2/p-2. The fourth-order valence-corrected chi connectivity index (χ4v) is 3.52. The Balaban J connectivity index is 0.000000327. The van der Waals surface area contributed by atoms with E-state index in [2.05, 4.69) is 29.9 Å². The quantitative estimate of drug-likeness (QED) is 0.108. The van der Waals surface area contributed by atoms with E-state index >= 15 is 0 Å². The van der Waals surface area contributed by atoms with Gasteiger partial charge in [-0.05, 0) is 72.8 Å². The molecule has 0 amide bonds. The molecule has 0 aliphatic heterocycles. The Hall–Kier alpha value is -5.10. The summed E-state index contributed by atoms with van der Waals surface area (Å²) in [6, 6.07) is 21.0. The fourth-order valence-electron chi connectivity index (χ4n) is 3.52. The summed E-state index contributed by atoms with van der Waals surface area (Å²) < 4.78 is 0. The number of hydrogen-bond acceptors (Lipinski definition) is 12. The maximum absolute atomic E-state index is 5.63. The maximum atomic E-state index is 5.63. The summed E-state index contributed by atoms with van der Waals surface area (Å²) in [5.74, 6) is 0. The van der Waals surface area contributed by atoms with Crippen molar-refractivity contribution in [3.05, 3.63) is 110 Å². The average Bonchev–Trinajstić information content (AvgIpc) is 2.98. The minimum Gasteiger partial charge on any atom is -1.00 e. The third-order valence-electron chi connectivity index (χ3n) is 5.49. The van der Waals surface area contributed by atoms with Crippen molar-refractivity contribution >= 4 is 34.1 Å². The Morgan fingerprint density at radius 3 is 0.533 bits per heavy atom. The van der Waals surface area contributed by atoms with Gasteiger partial charge in [-0.2, -0.15) is 0 Å². The van der Waals surface area contributed by atoms with Crippen LogP contribution in [-0.4, -0.2) is 29.9 Å². The summed E-state index contributed by atoms with van der Waals surface area (Å²) in [6.45, 7) is 0. The van der Waals surface area contributed by atoms with Crippen molar-refractivity contribution in [1.82, 2.24) is 29.9 Å². The predicted molar refractivity (Wildman–Crippen MR) is 169 cm³/mol. The van der Waals surface area contributed by atoms with Gasteiger partial charge in [0.15, 0.2) is 0 Å². The van der Waals surface area contributed by atoms with E-state index in [0.29, 0.717) is 34.1 Å². The van der Waals surface area contributed by atoms with Crippen molar-refractivity contribution in [2.45, 2.75) is 0 Å². The van der Waals surface area contributed by atoms with Gasteiger partial charge in [0.1, 0.15) is 0 Å². The van der Waals surface area contributed by atoms with Crippen molar-refractivity contribution in [3.63, 3.8) is 0 Å². The Kier molecular flexibility index (Phi) is 15.6. The molecule has 45 heavy (non-hydrogen) atoms. The number of anilines is 6. The van der Waals surface area contributed by atoms with Gasteiger partial charge in [0, 0.05) is 71.3 Å². The molecule has 6 rings (SSSR count). The van der Waals surface area contributed by atoms with E-state index < -0.39 is 0 Å². The van der Waals surface area contributed by atoms with E-state index in [4.69, 9.17) is 34.4 Å². The molecule has 6 heterocycles.